The zero-order chi connectivity index (χ0) is 34.1. The molecule has 48 heavy (non-hydrogen) atoms. The van der Waals surface area contributed by atoms with Gasteiger partial charge in [0.1, 0.15) is 17.2 Å². The Labute approximate surface area is 281 Å². The van der Waals surface area contributed by atoms with E-state index in [0.29, 0.717) is 54.4 Å². The van der Waals surface area contributed by atoms with Gasteiger partial charge >= 0.3 is 17.9 Å². The number of azo groups is 1. The Hall–Kier alpha value is -5.51. The van der Waals surface area contributed by atoms with Gasteiger partial charge in [-0.25, -0.2) is 9.59 Å². The van der Waals surface area contributed by atoms with Gasteiger partial charge in [-0.3, -0.25) is 4.79 Å². The van der Waals surface area contributed by atoms with Crippen molar-refractivity contribution in [3.8, 4) is 17.2 Å². The highest BCUT2D eigenvalue weighted by atomic mass is 16.5. The maximum atomic E-state index is 12.7. The highest BCUT2D eigenvalue weighted by molar-refractivity contribution is 5.92. The summed E-state index contributed by atoms with van der Waals surface area (Å²) in [6.45, 7) is 8.90. The van der Waals surface area contributed by atoms with Crippen LogP contribution < -0.4 is 19.1 Å². The molecule has 0 heterocycles. The summed E-state index contributed by atoms with van der Waals surface area (Å²) >= 11 is 0. The molecule has 10 heteroatoms. The standard InChI is InChI=1S/C38H41N3O7/c1-4-9-36(42)46-27-8-7-26-45-33-20-10-28(11-21-33)37(43)47-34-22-12-29(13-23-34)38(44)48-35-24-16-31(17-25-35)40-39-30-14-18-32(19-15-30)41(5-2)6-3/h10-25H,4-9,26-27H2,1-3H3. The summed E-state index contributed by atoms with van der Waals surface area (Å²) in [4.78, 5) is 38.9. The first-order chi connectivity index (χ1) is 23.4. The molecule has 10 nitrogen and oxygen atoms in total. The van der Waals surface area contributed by atoms with Crippen LogP contribution in [0.1, 0.15) is 67.2 Å². The van der Waals surface area contributed by atoms with Gasteiger partial charge in [0.15, 0.2) is 0 Å². The van der Waals surface area contributed by atoms with E-state index in [1.54, 1.807) is 48.5 Å². The Morgan fingerprint density at radius 1 is 0.583 bits per heavy atom. The first kappa shape index (κ1) is 35.3. The Bertz CT molecular complexity index is 1630. The van der Waals surface area contributed by atoms with Gasteiger partial charge in [0.25, 0.3) is 0 Å². The molecule has 0 saturated carbocycles. The lowest BCUT2D eigenvalue weighted by Crippen LogP contribution is -2.21. The van der Waals surface area contributed by atoms with Gasteiger partial charge in [-0.15, -0.1) is 0 Å². The first-order valence-corrected chi connectivity index (χ1v) is 16.2. The number of unbranched alkanes of at least 4 members (excludes halogenated alkanes) is 1. The first-order valence-electron chi connectivity index (χ1n) is 16.2. The van der Waals surface area contributed by atoms with Crippen molar-refractivity contribution in [1.82, 2.24) is 0 Å². The summed E-state index contributed by atoms with van der Waals surface area (Å²) in [5.74, 6) is -0.00520. The van der Waals surface area contributed by atoms with E-state index < -0.39 is 11.9 Å². The molecule has 0 N–H and O–H groups in total. The number of carbonyl (C=O) groups excluding carboxylic acids is 3. The van der Waals surface area contributed by atoms with Crippen molar-refractivity contribution in [1.29, 1.82) is 0 Å². The lowest BCUT2D eigenvalue weighted by molar-refractivity contribution is -0.143. The van der Waals surface area contributed by atoms with Crippen molar-refractivity contribution in [2.45, 2.75) is 46.5 Å². The van der Waals surface area contributed by atoms with Crippen molar-refractivity contribution >= 4 is 35.0 Å². The van der Waals surface area contributed by atoms with E-state index in [4.69, 9.17) is 18.9 Å². The van der Waals surface area contributed by atoms with Gasteiger partial charge in [0, 0.05) is 25.2 Å². The van der Waals surface area contributed by atoms with E-state index in [-0.39, 0.29) is 11.7 Å². The Kier molecular flexibility index (Phi) is 13.7. The van der Waals surface area contributed by atoms with Gasteiger partial charge in [-0.2, -0.15) is 10.2 Å². The van der Waals surface area contributed by atoms with Crippen molar-refractivity contribution < 1.29 is 33.3 Å². The number of esters is 3. The minimum atomic E-state index is -0.552. The maximum Gasteiger partial charge on any atom is 0.343 e. The minimum absolute atomic E-state index is 0.175. The fraction of sp³-hybridized carbons (Fsp3) is 0.289. The van der Waals surface area contributed by atoms with Gasteiger partial charge < -0.3 is 23.8 Å². The van der Waals surface area contributed by atoms with E-state index >= 15 is 0 Å². The lowest BCUT2D eigenvalue weighted by Gasteiger charge is -2.20. The van der Waals surface area contributed by atoms with Crippen LogP contribution in [-0.4, -0.2) is 44.2 Å². The van der Waals surface area contributed by atoms with Crippen molar-refractivity contribution in [2.24, 2.45) is 10.2 Å². The van der Waals surface area contributed by atoms with Crippen LogP contribution in [0.25, 0.3) is 0 Å². The number of hydrogen-bond donors (Lipinski definition) is 0. The van der Waals surface area contributed by atoms with Crippen LogP contribution in [0.4, 0.5) is 17.1 Å². The second-order valence-corrected chi connectivity index (χ2v) is 10.7. The molecule has 4 rings (SSSR count). The van der Waals surface area contributed by atoms with Gasteiger partial charge in [0.2, 0.25) is 0 Å². The van der Waals surface area contributed by atoms with E-state index in [1.165, 1.54) is 24.3 Å². The second-order valence-electron chi connectivity index (χ2n) is 10.7. The van der Waals surface area contributed by atoms with Crippen molar-refractivity contribution in [3.63, 3.8) is 0 Å². The normalized spacial score (nSPS) is 10.8. The zero-order valence-corrected chi connectivity index (χ0v) is 27.6. The molecular weight excluding hydrogens is 610 g/mol. The quantitative estimate of drug-likeness (QED) is 0.0481. The number of benzene rings is 4. The Balaban J connectivity index is 1.20. The predicted molar refractivity (Wildman–Crippen MR) is 184 cm³/mol. The van der Waals surface area contributed by atoms with Gasteiger partial charge in [0.05, 0.1) is 35.7 Å². The third kappa shape index (κ3) is 11.1. The van der Waals surface area contributed by atoms with Gasteiger partial charge in [-0.05, 0) is 130 Å². The van der Waals surface area contributed by atoms with Crippen LogP contribution in [-0.2, 0) is 9.53 Å². The van der Waals surface area contributed by atoms with Crippen LogP contribution in [0.15, 0.2) is 107 Å². The molecule has 0 aliphatic carbocycles. The van der Waals surface area contributed by atoms with E-state index in [9.17, 15) is 14.4 Å². The topological polar surface area (TPSA) is 116 Å². The summed E-state index contributed by atoms with van der Waals surface area (Å²) in [7, 11) is 0. The molecule has 0 aromatic heterocycles. The van der Waals surface area contributed by atoms with Crippen molar-refractivity contribution in [3.05, 3.63) is 108 Å². The smallest absolute Gasteiger partial charge is 0.343 e. The minimum Gasteiger partial charge on any atom is -0.494 e. The molecule has 0 aliphatic rings. The average Bonchev–Trinajstić information content (AvgIpc) is 3.11. The molecular formula is C38H41N3O7. The molecule has 0 unspecified atom stereocenters. The molecule has 250 valence electrons. The predicted octanol–water partition coefficient (Wildman–Crippen LogP) is 8.89. The lowest BCUT2D eigenvalue weighted by atomic mass is 10.2. The molecule has 0 amide bonds. The molecule has 0 atom stereocenters. The highest BCUT2D eigenvalue weighted by Crippen LogP contribution is 2.25. The van der Waals surface area contributed by atoms with Crippen LogP contribution >= 0.6 is 0 Å². The van der Waals surface area contributed by atoms with E-state index in [2.05, 4.69) is 29.0 Å². The van der Waals surface area contributed by atoms with Gasteiger partial charge in [-0.1, -0.05) is 6.92 Å². The van der Waals surface area contributed by atoms with Crippen LogP contribution in [0.3, 0.4) is 0 Å². The Morgan fingerprint density at radius 2 is 1.04 bits per heavy atom. The number of carbonyl (C=O) groups is 3. The van der Waals surface area contributed by atoms with Crippen LogP contribution in [0.2, 0.25) is 0 Å². The van der Waals surface area contributed by atoms with E-state index in [0.717, 1.165) is 37.3 Å². The molecule has 0 spiro atoms. The maximum absolute atomic E-state index is 12.7. The number of nitrogens with zero attached hydrogens (tertiary/aromatic N) is 3. The molecule has 0 saturated heterocycles. The molecule has 0 aliphatic heterocycles. The highest BCUT2D eigenvalue weighted by Gasteiger charge is 2.12. The SMILES string of the molecule is CCCC(=O)OCCCCOc1ccc(C(=O)Oc2ccc(C(=O)Oc3ccc(N=Nc4ccc(N(CC)CC)cc4)cc3)cc2)cc1. The number of ether oxygens (including phenoxy) is 4. The molecule has 0 fully saturated rings. The Morgan fingerprint density at radius 3 is 1.54 bits per heavy atom. The zero-order valence-electron chi connectivity index (χ0n) is 27.6. The molecule has 0 radical (unpaired) electrons. The third-order valence-corrected chi connectivity index (χ3v) is 7.22. The fourth-order valence-corrected chi connectivity index (χ4v) is 4.55. The summed E-state index contributed by atoms with van der Waals surface area (Å²) in [6, 6.07) is 27.4. The summed E-state index contributed by atoms with van der Waals surface area (Å²) in [6.07, 6.45) is 2.66. The molecule has 4 aromatic rings. The van der Waals surface area contributed by atoms with E-state index in [1.807, 2.05) is 31.2 Å². The summed E-state index contributed by atoms with van der Waals surface area (Å²) < 4.78 is 21.8. The fourth-order valence-electron chi connectivity index (χ4n) is 4.55. The van der Waals surface area contributed by atoms with Crippen molar-refractivity contribution in [2.75, 3.05) is 31.2 Å². The third-order valence-electron chi connectivity index (χ3n) is 7.22. The number of rotatable bonds is 17. The number of hydrogen-bond acceptors (Lipinski definition) is 10. The monoisotopic (exact) mass is 651 g/mol. The second kappa shape index (κ2) is 18.6. The molecule has 4 aromatic carbocycles. The van der Waals surface area contributed by atoms with Crippen LogP contribution in [0, 0.1) is 0 Å². The average molecular weight is 652 g/mol. The van der Waals surface area contributed by atoms with Crippen LogP contribution in [0.5, 0.6) is 17.2 Å². The molecule has 0 bridgehead atoms. The number of anilines is 1. The summed E-state index contributed by atoms with van der Waals surface area (Å²) in [5.41, 5.74) is 3.15. The summed E-state index contributed by atoms with van der Waals surface area (Å²) in [5, 5.41) is 8.56. The largest absolute Gasteiger partial charge is 0.494 e.